The molecule has 0 bridgehead atoms. The number of hydrogen-bond donors (Lipinski definition) is 2. The van der Waals surface area contributed by atoms with Crippen LogP contribution in [0.2, 0.25) is 0 Å². The van der Waals surface area contributed by atoms with Gasteiger partial charge in [-0.15, -0.1) is 0 Å². The molecule has 1 unspecified atom stereocenters. The topological polar surface area (TPSA) is 90.7 Å². The van der Waals surface area contributed by atoms with Crippen molar-refractivity contribution in [3.63, 3.8) is 0 Å². The molecular weight excluding hydrogens is 206 g/mol. The van der Waals surface area contributed by atoms with Crippen LogP contribution in [0.5, 0.6) is 0 Å². The normalized spacial score (nSPS) is 12.2. The van der Waals surface area contributed by atoms with Crippen LogP contribution < -0.4 is 11.5 Å². The molecule has 0 aromatic rings. The number of nitrogens with two attached hydrogens (primary N) is 2. The number of carbonyl (C=O) groups is 1. The van der Waals surface area contributed by atoms with Crippen LogP contribution in [-0.4, -0.2) is 24.6 Å². The third kappa shape index (κ3) is 9.30. The summed E-state index contributed by atoms with van der Waals surface area (Å²) >= 11 is 0. The highest BCUT2D eigenvalue weighted by molar-refractivity contribution is 5.75. The molecule has 0 aliphatic heterocycles. The highest BCUT2D eigenvalue weighted by Gasteiger charge is 2.09. The molecular formula is C11H23N3O2. The number of hydrogen-bond acceptors (Lipinski definition) is 3. The van der Waals surface area contributed by atoms with Gasteiger partial charge in [0.05, 0.1) is 6.04 Å². The molecule has 0 saturated heterocycles. The molecule has 0 rings (SSSR count). The highest BCUT2D eigenvalue weighted by Crippen LogP contribution is 2.10. The van der Waals surface area contributed by atoms with Gasteiger partial charge in [-0.2, -0.15) is 0 Å². The van der Waals surface area contributed by atoms with Crippen LogP contribution >= 0.6 is 0 Å². The molecule has 5 heteroatoms. The Morgan fingerprint density at radius 1 is 1.31 bits per heavy atom. The zero-order valence-corrected chi connectivity index (χ0v) is 10.4. The molecule has 0 spiro atoms. The smallest absolute Gasteiger partial charge is 0.302 e. The number of ether oxygens (including phenoxy) is 1. The number of rotatable bonds is 7. The maximum Gasteiger partial charge on any atom is 0.302 e. The lowest BCUT2D eigenvalue weighted by Crippen LogP contribution is -2.27. The van der Waals surface area contributed by atoms with Crippen LogP contribution in [0.25, 0.3) is 0 Å². The van der Waals surface area contributed by atoms with Gasteiger partial charge in [-0.05, 0) is 12.3 Å². The summed E-state index contributed by atoms with van der Waals surface area (Å²) in [5.74, 6) is 0.398. The zero-order valence-electron chi connectivity index (χ0n) is 10.4. The van der Waals surface area contributed by atoms with E-state index < -0.39 is 0 Å². The standard InChI is InChI=1S/C11H23N3O2/c1-8(2)5-4-6-10(14-11(12)13)7-16-9(3)15/h8,10H,4-7H2,1-3H3,(H4,12,13,14). The van der Waals surface area contributed by atoms with E-state index in [1.807, 2.05) is 0 Å². The van der Waals surface area contributed by atoms with Gasteiger partial charge in [-0.1, -0.05) is 26.7 Å². The minimum Gasteiger partial charge on any atom is -0.464 e. The van der Waals surface area contributed by atoms with E-state index in [1.165, 1.54) is 6.92 Å². The van der Waals surface area contributed by atoms with Crippen molar-refractivity contribution in [1.82, 2.24) is 0 Å². The van der Waals surface area contributed by atoms with Gasteiger partial charge in [-0.3, -0.25) is 4.79 Å². The molecule has 0 aliphatic rings. The summed E-state index contributed by atoms with van der Waals surface area (Å²) in [6.07, 6.45) is 2.99. The van der Waals surface area contributed by atoms with Crippen LogP contribution in [-0.2, 0) is 9.53 Å². The molecule has 5 nitrogen and oxygen atoms in total. The molecule has 0 amide bonds. The summed E-state index contributed by atoms with van der Waals surface area (Å²) in [6, 6.07) is -0.118. The van der Waals surface area contributed by atoms with E-state index in [-0.39, 0.29) is 24.6 Å². The van der Waals surface area contributed by atoms with Crippen molar-refractivity contribution < 1.29 is 9.53 Å². The van der Waals surface area contributed by atoms with Crippen molar-refractivity contribution >= 4 is 11.9 Å². The first-order valence-corrected chi connectivity index (χ1v) is 5.64. The summed E-state index contributed by atoms with van der Waals surface area (Å²) in [5, 5.41) is 0. The summed E-state index contributed by atoms with van der Waals surface area (Å²) < 4.78 is 4.91. The predicted octanol–water partition coefficient (Wildman–Crippen LogP) is 1.02. The molecule has 1 atom stereocenters. The Balaban J connectivity index is 4.00. The monoisotopic (exact) mass is 229 g/mol. The van der Waals surface area contributed by atoms with Gasteiger partial charge in [0.2, 0.25) is 0 Å². The van der Waals surface area contributed by atoms with Gasteiger partial charge in [0.1, 0.15) is 6.61 Å². The quantitative estimate of drug-likeness (QED) is 0.387. The number of nitrogens with zero attached hydrogens (tertiary/aromatic N) is 1. The zero-order chi connectivity index (χ0) is 12.6. The largest absolute Gasteiger partial charge is 0.464 e. The van der Waals surface area contributed by atoms with Gasteiger partial charge in [0, 0.05) is 6.92 Å². The molecule has 4 N–H and O–H groups in total. The van der Waals surface area contributed by atoms with E-state index in [0.29, 0.717) is 5.92 Å². The second kappa shape index (κ2) is 7.96. The van der Waals surface area contributed by atoms with Crippen LogP contribution in [0.4, 0.5) is 0 Å². The fourth-order valence-corrected chi connectivity index (χ4v) is 1.37. The summed E-state index contributed by atoms with van der Waals surface area (Å²) in [7, 11) is 0. The number of esters is 1. The predicted molar refractivity (Wildman–Crippen MR) is 64.9 cm³/mol. The van der Waals surface area contributed by atoms with Gasteiger partial charge in [0.25, 0.3) is 0 Å². The van der Waals surface area contributed by atoms with E-state index in [0.717, 1.165) is 19.3 Å². The van der Waals surface area contributed by atoms with Crippen molar-refractivity contribution in [2.24, 2.45) is 22.4 Å². The van der Waals surface area contributed by atoms with E-state index in [4.69, 9.17) is 16.2 Å². The Labute approximate surface area is 97.2 Å². The second-order valence-corrected chi connectivity index (χ2v) is 4.34. The van der Waals surface area contributed by atoms with Crippen LogP contribution in [0.15, 0.2) is 4.99 Å². The van der Waals surface area contributed by atoms with Crippen LogP contribution in [0, 0.1) is 5.92 Å². The highest BCUT2D eigenvalue weighted by atomic mass is 16.5. The maximum atomic E-state index is 10.7. The molecule has 0 aromatic heterocycles. The van der Waals surface area contributed by atoms with E-state index >= 15 is 0 Å². The fourth-order valence-electron chi connectivity index (χ4n) is 1.37. The third-order valence-electron chi connectivity index (χ3n) is 2.13. The first-order valence-electron chi connectivity index (χ1n) is 5.64. The fraction of sp³-hybridized carbons (Fsp3) is 0.818. The Hall–Kier alpha value is -1.26. The number of aliphatic imine (C=N–C) groups is 1. The van der Waals surface area contributed by atoms with Gasteiger partial charge in [-0.25, -0.2) is 4.99 Å². The Kier molecular flexibility index (Phi) is 7.33. The van der Waals surface area contributed by atoms with Crippen LogP contribution in [0.1, 0.15) is 40.0 Å². The minimum absolute atomic E-state index is 0.0432. The molecule has 0 fully saturated rings. The molecule has 0 aromatic carbocycles. The Morgan fingerprint density at radius 2 is 1.94 bits per heavy atom. The second-order valence-electron chi connectivity index (χ2n) is 4.34. The molecule has 0 radical (unpaired) electrons. The first kappa shape index (κ1) is 14.7. The molecule has 94 valence electrons. The van der Waals surface area contributed by atoms with E-state index in [2.05, 4.69) is 18.8 Å². The van der Waals surface area contributed by atoms with Crippen LogP contribution in [0.3, 0.4) is 0 Å². The number of carbonyl (C=O) groups excluding carboxylic acids is 1. The molecule has 0 saturated carbocycles. The van der Waals surface area contributed by atoms with Crippen molar-refractivity contribution in [3.05, 3.63) is 0 Å². The SMILES string of the molecule is CC(=O)OCC(CCCC(C)C)N=C(N)N. The summed E-state index contributed by atoms with van der Waals surface area (Å²) in [6.45, 7) is 5.97. The Bertz CT molecular complexity index is 235. The van der Waals surface area contributed by atoms with E-state index in [1.54, 1.807) is 0 Å². The maximum absolute atomic E-state index is 10.7. The lowest BCUT2D eigenvalue weighted by atomic mass is 10.0. The minimum atomic E-state index is -0.306. The van der Waals surface area contributed by atoms with Crippen molar-refractivity contribution in [3.8, 4) is 0 Å². The summed E-state index contributed by atoms with van der Waals surface area (Å²) in [5.41, 5.74) is 10.6. The summed E-state index contributed by atoms with van der Waals surface area (Å²) in [4.78, 5) is 14.7. The van der Waals surface area contributed by atoms with Gasteiger partial charge >= 0.3 is 5.97 Å². The van der Waals surface area contributed by atoms with Crippen molar-refractivity contribution in [2.75, 3.05) is 6.61 Å². The lowest BCUT2D eigenvalue weighted by molar-refractivity contribution is -0.141. The average Bonchev–Trinajstić information content (AvgIpc) is 2.12. The average molecular weight is 229 g/mol. The molecule has 0 heterocycles. The van der Waals surface area contributed by atoms with Crippen molar-refractivity contribution in [2.45, 2.75) is 46.1 Å². The van der Waals surface area contributed by atoms with E-state index in [9.17, 15) is 4.79 Å². The Morgan fingerprint density at radius 3 is 2.38 bits per heavy atom. The third-order valence-corrected chi connectivity index (χ3v) is 2.13. The molecule has 0 aliphatic carbocycles. The van der Waals surface area contributed by atoms with Gasteiger partial charge < -0.3 is 16.2 Å². The molecule has 16 heavy (non-hydrogen) atoms. The van der Waals surface area contributed by atoms with Gasteiger partial charge in [0.15, 0.2) is 5.96 Å². The van der Waals surface area contributed by atoms with Crippen molar-refractivity contribution in [1.29, 1.82) is 0 Å². The number of guanidine groups is 1. The first-order chi connectivity index (χ1) is 7.41. The lowest BCUT2D eigenvalue weighted by Gasteiger charge is -2.13.